The molecular weight excluding hydrogens is 848 g/mol. The molecule has 0 rings (SSSR count). The zero-order valence-electron chi connectivity index (χ0n) is 22.1. The predicted molar refractivity (Wildman–Crippen MR) is 182 cm³/mol. The first-order valence-corrected chi connectivity index (χ1v) is 19.0. The van der Waals surface area contributed by atoms with Gasteiger partial charge in [-0.1, -0.05) is 211 Å². The maximum Gasteiger partial charge on any atom is 0.314 e. The van der Waals surface area contributed by atoms with Gasteiger partial charge < -0.3 is 10.6 Å². The summed E-state index contributed by atoms with van der Waals surface area (Å²) < 4.78 is -0.129. The van der Waals surface area contributed by atoms with Crippen LogP contribution >= 0.6 is 95.6 Å². The molecule has 0 aliphatic rings. The van der Waals surface area contributed by atoms with Crippen molar-refractivity contribution in [3.05, 3.63) is 0 Å². The highest BCUT2D eigenvalue weighted by atomic mass is 80.0. The summed E-state index contributed by atoms with van der Waals surface area (Å²) in [5.41, 5.74) is 0. The van der Waals surface area contributed by atoms with Crippen LogP contribution in [-0.4, -0.2) is 23.4 Å². The number of rotatable bonds is 24. The van der Waals surface area contributed by atoms with E-state index in [1.54, 1.807) is 0 Å². The summed E-state index contributed by atoms with van der Waals surface area (Å²) in [6.07, 6.45) is 28.0. The van der Waals surface area contributed by atoms with Gasteiger partial charge in [-0.05, 0) is 25.7 Å². The van der Waals surface area contributed by atoms with E-state index in [2.05, 4.69) is 106 Å². The third-order valence-electron chi connectivity index (χ3n) is 6.35. The normalized spacial score (nSPS) is 12.2. The highest BCUT2D eigenvalue weighted by Crippen LogP contribution is 2.39. The Morgan fingerprint density at radius 1 is 0.389 bits per heavy atom. The lowest BCUT2D eigenvalue weighted by Gasteiger charge is -2.10. The molecule has 9 heteroatoms. The molecule has 0 fully saturated rings. The minimum atomic E-state index is -0.0647. The van der Waals surface area contributed by atoms with Gasteiger partial charge in [-0.25, -0.2) is 4.79 Å². The number of alkyl halides is 6. The van der Waals surface area contributed by atoms with Crippen LogP contribution in [0.3, 0.4) is 0 Å². The van der Waals surface area contributed by atoms with E-state index in [9.17, 15) is 4.79 Å². The Balaban J connectivity index is 3.21. The summed E-state index contributed by atoms with van der Waals surface area (Å²) in [5, 5.41) is 6.01. The number of carbonyl (C=O) groups excluding carboxylic acids is 1. The van der Waals surface area contributed by atoms with Gasteiger partial charge >= 0.3 is 6.03 Å². The molecule has 0 bridgehead atoms. The van der Waals surface area contributed by atoms with Crippen LogP contribution in [0.5, 0.6) is 0 Å². The first-order valence-electron chi connectivity index (χ1n) is 14.3. The lowest BCUT2D eigenvalue weighted by Crippen LogP contribution is -2.36. The van der Waals surface area contributed by atoms with Crippen molar-refractivity contribution in [3.8, 4) is 0 Å². The van der Waals surface area contributed by atoms with Crippen LogP contribution in [0.25, 0.3) is 0 Å². The van der Waals surface area contributed by atoms with Gasteiger partial charge in [-0.3, -0.25) is 0 Å². The van der Waals surface area contributed by atoms with E-state index in [4.69, 9.17) is 0 Å². The molecule has 2 amide bonds. The molecule has 0 radical (unpaired) electrons. The summed E-state index contributed by atoms with van der Waals surface area (Å²) >= 11 is 21.3. The van der Waals surface area contributed by atoms with Gasteiger partial charge in [-0.2, -0.15) is 0 Å². The number of hydrogen-bond acceptors (Lipinski definition) is 1. The molecule has 0 spiro atoms. The molecule has 0 aliphatic heterocycles. The van der Waals surface area contributed by atoms with E-state index in [0.717, 1.165) is 38.8 Å². The van der Waals surface area contributed by atoms with E-state index < -0.39 is 0 Å². The van der Waals surface area contributed by atoms with Crippen LogP contribution in [0, 0.1) is 0 Å². The lowest BCUT2D eigenvalue weighted by atomic mass is 10.1. The predicted octanol–water partition coefficient (Wildman–Crippen LogP) is 12.5. The maximum atomic E-state index is 11.9. The first kappa shape index (κ1) is 38.1. The highest BCUT2D eigenvalue weighted by Gasteiger charge is 2.16. The summed E-state index contributed by atoms with van der Waals surface area (Å²) in [6, 6.07) is 0.00365. The Labute approximate surface area is 273 Å². The molecule has 0 atom stereocenters. The van der Waals surface area contributed by atoms with Gasteiger partial charge in [0.05, 0.1) is 0 Å². The Kier molecular flexibility index (Phi) is 27.6. The number of hydrogen-bond donors (Lipinski definition) is 2. The van der Waals surface area contributed by atoms with Gasteiger partial charge in [0.1, 0.15) is 4.29 Å². The van der Waals surface area contributed by atoms with Crippen LogP contribution in [-0.2, 0) is 0 Å². The number of unbranched alkanes of at least 4 members (excludes halogenated alkanes) is 18. The van der Waals surface area contributed by atoms with Crippen molar-refractivity contribution >= 4 is 102 Å². The van der Waals surface area contributed by atoms with Crippen LogP contribution < -0.4 is 10.6 Å². The van der Waals surface area contributed by atoms with Crippen molar-refractivity contribution in [1.82, 2.24) is 10.6 Å². The monoisotopic (exact) mass is 892 g/mol. The quantitative estimate of drug-likeness (QED) is 0.0736. The van der Waals surface area contributed by atoms with E-state index in [-0.39, 0.29) is 10.3 Å². The van der Waals surface area contributed by atoms with E-state index in [0.29, 0.717) is 0 Å². The van der Waals surface area contributed by atoms with Crippen molar-refractivity contribution in [2.75, 3.05) is 13.1 Å². The Morgan fingerprint density at radius 3 is 0.861 bits per heavy atom. The number of nitrogens with one attached hydrogen (secondary N) is 2. The molecule has 0 aromatic rings. The van der Waals surface area contributed by atoms with Crippen molar-refractivity contribution < 1.29 is 4.79 Å². The third-order valence-corrected chi connectivity index (χ3v) is 8.72. The third kappa shape index (κ3) is 34.2. The zero-order chi connectivity index (χ0) is 27.0. The van der Waals surface area contributed by atoms with E-state index in [1.807, 2.05) is 0 Å². The highest BCUT2D eigenvalue weighted by molar-refractivity contribution is 9.39. The Bertz CT molecular complexity index is 456. The van der Waals surface area contributed by atoms with Crippen LogP contribution in [0.1, 0.15) is 141 Å². The van der Waals surface area contributed by atoms with E-state index in [1.165, 1.54) is 116 Å². The number of urea groups is 1. The topological polar surface area (TPSA) is 41.1 Å². The fourth-order valence-electron chi connectivity index (χ4n) is 4.20. The van der Waals surface area contributed by atoms with Gasteiger partial charge in [0.2, 0.25) is 0 Å². The fourth-order valence-corrected chi connectivity index (χ4v) is 5.88. The second kappa shape index (κ2) is 26.1. The Hall–Kier alpha value is 2.15. The molecule has 0 aromatic heterocycles. The van der Waals surface area contributed by atoms with Gasteiger partial charge in [0.25, 0.3) is 0 Å². The summed E-state index contributed by atoms with van der Waals surface area (Å²) in [7, 11) is 0. The summed E-state index contributed by atoms with van der Waals surface area (Å²) in [4.78, 5) is 11.9. The Morgan fingerprint density at radius 2 is 0.611 bits per heavy atom. The molecule has 0 aromatic carbocycles. The van der Waals surface area contributed by atoms with Crippen molar-refractivity contribution in [2.24, 2.45) is 0 Å². The molecule has 0 aliphatic carbocycles. The number of halogens is 6. The molecule has 0 saturated carbocycles. The molecule has 0 heterocycles. The first-order chi connectivity index (χ1) is 17.1. The molecular formula is C27H50Br6N2O. The standard InChI is InChI=1S/C27H50Br6N2O/c28-26(29,30)21-17-13-9-5-1-3-7-11-15-19-23-34-25(36)35-24-20-16-12-8-4-2-6-10-14-18-22-27(31,32)33/h1-24H2,(H2,34,35,36). The molecule has 3 nitrogen and oxygen atoms in total. The van der Waals surface area contributed by atoms with Crippen LogP contribution in [0.2, 0.25) is 0 Å². The average Bonchev–Trinajstić information content (AvgIpc) is 2.78. The number of carbonyl (C=O) groups is 1. The maximum absolute atomic E-state index is 11.9. The van der Waals surface area contributed by atoms with Crippen molar-refractivity contribution in [1.29, 1.82) is 0 Å². The minimum Gasteiger partial charge on any atom is -0.338 e. The van der Waals surface area contributed by atoms with Crippen LogP contribution in [0.4, 0.5) is 4.79 Å². The van der Waals surface area contributed by atoms with Crippen molar-refractivity contribution in [2.45, 2.75) is 146 Å². The van der Waals surface area contributed by atoms with Gasteiger partial charge in [0, 0.05) is 13.1 Å². The fraction of sp³-hybridized carbons (Fsp3) is 0.963. The second-order valence-corrected chi connectivity index (χ2v) is 24.5. The zero-order valence-corrected chi connectivity index (χ0v) is 31.7. The summed E-state index contributed by atoms with van der Waals surface area (Å²) in [5.74, 6) is 0. The molecule has 0 saturated heterocycles. The lowest BCUT2D eigenvalue weighted by molar-refractivity contribution is 0.240. The van der Waals surface area contributed by atoms with Gasteiger partial charge in [-0.15, -0.1) is 0 Å². The average molecular weight is 898 g/mol. The van der Waals surface area contributed by atoms with Crippen molar-refractivity contribution in [3.63, 3.8) is 0 Å². The molecule has 36 heavy (non-hydrogen) atoms. The smallest absolute Gasteiger partial charge is 0.314 e. The van der Waals surface area contributed by atoms with E-state index >= 15 is 0 Å². The van der Waals surface area contributed by atoms with Gasteiger partial charge in [0.15, 0.2) is 0 Å². The molecule has 216 valence electrons. The SMILES string of the molecule is O=C(NCCCCCCCCCCCCC(Br)(Br)Br)NCCCCCCCCCCCCC(Br)(Br)Br. The molecule has 2 N–H and O–H groups in total. The second-order valence-electron chi connectivity index (χ2n) is 9.98. The number of amides is 2. The van der Waals surface area contributed by atoms with Crippen LogP contribution in [0.15, 0.2) is 0 Å². The minimum absolute atomic E-state index is 0.00365. The molecule has 0 unspecified atom stereocenters. The summed E-state index contributed by atoms with van der Waals surface area (Å²) in [6.45, 7) is 1.59. The largest absolute Gasteiger partial charge is 0.338 e.